The van der Waals surface area contributed by atoms with Gasteiger partial charge in [0.05, 0.1) is 11.9 Å². The van der Waals surface area contributed by atoms with Gasteiger partial charge in [0, 0.05) is 26.1 Å². The fraction of sp³-hybridized carbons (Fsp3) is 0.500. The van der Waals surface area contributed by atoms with Crippen LogP contribution >= 0.6 is 0 Å². The summed E-state index contributed by atoms with van der Waals surface area (Å²) in [5.74, 6) is -0.151. The second-order valence-electron chi connectivity index (χ2n) is 5.07. The number of para-hydroxylation sites is 1. The molecule has 0 radical (unpaired) electrons. The summed E-state index contributed by atoms with van der Waals surface area (Å²) in [4.78, 5) is 13.7. The smallest absolute Gasteiger partial charge is 0.232 e. The lowest BCUT2D eigenvalue weighted by atomic mass is 10.3. The standard InChI is InChI=1S/C14H23N3O3S/c1-16(2)12-10-15-14(18)9-11-17(21(3,19)20)13-7-5-4-6-8-13/h4-8H,9-12H2,1-3H3,(H,15,18). The van der Waals surface area contributed by atoms with Crippen LogP contribution in [-0.2, 0) is 14.8 Å². The van der Waals surface area contributed by atoms with Crippen LogP contribution in [0.1, 0.15) is 6.42 Å². The Morgan fingerprint density at radius 1 is 1.14 bits per heavy atom. The molecule has 0 saturated carbocycles. The van der Waals surface area contributed by atoms with E-state index >= 15 is 0 Å². The molecule has 7 heteroatoms. The van der Waals surface area contributed by atoms with Crippen molar-refractivity contribution in [2.45, 2.75) is 6.42 Å². The van der Waals surface area contributed by atoms with Gasteiger partial charge in [0.25, 0.3) is 0 Å². The zero-order valence-corrected chi connectivity index (χ0v) is 13.6. The summed E-state index contributed by atoms with van der Waals surface area (Å²) in [7, 11) is 0.445. The number of likely N-dealkylation sites (N-methyl/N-ethyl adjacent to an activating group) is 1. The molecule has 21 heavy (non-hydrogen) atoms. The van der Waals surface area contributed by atoms with Crippen molar-refractivity contribution in [3.63, 3.8) is 0 Å². The average molecular weight is 313 g/mol. The molecule has 1 N–H and O–H groups in total. The van der Waals surface area contributed by atoms with E-state index in [0.29, 0.717) is 12.2 Å². The molecule has 1 rings (SSSR count). The van der Waals surface area contributed by atoms with Crippen LogP contribution in [0, 0.1) is 0 Å². The quantitative estimate of drug-likeness (QED) is 0.760. The molecule has 1 amide bonds. The van der Waals surface area contributed by atoms with Gasteiger partial charge >= 0.3 is 0 Å². The molecule has 6 nitrogen and oxygen atoms in total. The second kappa shape index (κ2) is 7.99. The Balaban J connectivity index is 2.58. The number of sulfonamides is 1. The number of carbonyl (C=O) groups is 1. The number of hydrogen-bond donors (Lipinski definition) is 1. The van der Waals surface area contributed by atoms with Crippen molar-refractivity contribution in [1.82, 2.24) is 10.2 Å². The Kier molecular flexibility index (Phi) is 6.64. The summed E-state index contributed by atoms with van der Waals surface area (Å²) in [5.41, 5.74) is 0.570. The first-order chi connectivity index (χ1) is 9.80. The van der Waals surface area contributed by atoms with Crippen LogP contribution in [0.5, 0.6) is 0 Å². The predicted octanol–water partition coefficient (Wildman–Crippen LogP) is 0.521. The normalized spacial score (nSPS) is 11.4. The molecular weight excluding hydrogens is 290 g/mol. The minimum Gasteiger partial charge on any atom is -0.355 e. The lowest BCUT2D eigenvalue weighted by Crippen LogP contribution is -2.36. The number of anilines is 1. The van der Waals surface area contributed by atoms with Crippen LogP contribution in [0.25, 0.3) is 0 Å². The first kappa shape index (κ1) is 17.5. The molecule has 118 valence electrons. The largest absolute Gasteiger partial charge is 0.355 e. The molecule has 0 unspecified atom stereocenters. The number of nitrogens with one attached hydrogen (secondary N) is 1. The molecule has 0 atom stereocenters. The highest BCUT2D eigenvalue weighted by molar-refractivity contribution is 7.92. The van der Waals surface area contributed by atoms with Gasteiger partial charge < -0.3 is 10.2 Å². The Morgan fingerprint density at radius 2 is 1.76 bits per heavy atom. The summed E-state index contributed by atoms with van der Waals surface area (Å²) in [6.45, 7) is 1.44. The molecule has 1 aromatic carbocycles. The van der Waals surface area contributed by atoms with Gasteiger partial charge in [0.2, 0.25) is 15.9 Å². The lowest BCUT2D eigenvalue weighted by molar-refractivity contribution is -0.120. The summed E-state index contributed by atoms with van der Waals surface area (Å²) in [5, 5.41) is 2.77. The molecule has 0 fully saturated rings. The predicted molar refractivity (Wildman–Crippen MR) is 84.8 cm³/mol. The Hall–Kier alpha value is -1.60. The summed E-state index contributed by atoms with van der Waals surface area (Å²) < 4.78 is 24.9. The number of carbonyl (C=O) groups excluding carboxylic acids is 1. The fourth-order valence-corrected chi connectivity index (χ4v) is 2.72. The molecular formula is C14H23N3O3S. The van der Waals surface area contributed by atoms with E-state index in [9.17, 15) is 13.2 Å². The van der Waals surface area contributed by atoms with Crippen LogP contribution < -0.4 is 9.62 Å². The summed E-state index contributed by atoms with van der Waals surface area (Å²) >= 11 is 0. The van der Waals surface area contributed by atoms with Gasteiger partial charge in [-0.15, -0.1) is 0 Å². The maximum absolute atomic E-state index is 11.8. The highest BCUT2D eigenvalue weighted by Crippen LogP contribution is 2.16. The van der Waals surface area contributed by atoms with E-state index in [1.54, 1.807) is 24.3 Å². The van der Waals surface area contributed by atoms with E-state index in [2.05, 4.69) is 5.32 Å². The Morgan fingerprint density at radius 3 is 2.29 bits per heavy atom. The van der Waals surface area contributed by atoms with Crippen molar-refractivity contribution in [2.75, 3.05) is 44.3 Å². The maximum atomic E-state index is 11.8. The number of nitrogens with zero attached hydrogens (tertiary/aromatic N) is 2. The minimum atomic E-state index is -3.40. The monoisotopic (exact) mass is 313 g/mol. The molecule has 0 aliphatic rings. The molecule has 0 saturated heterocycles. The van der Waals surface area contributed by atoms with Crippen molar-refractivity contribution >= 4 is 21.6 Å². The van der Waals surface area contributed by atoms with Crippen LogP contribution in [0.2, 0.25) is 0 Å². The van der Waals surface area contributed by atoms with E-state index < -0.39 is 10.0 Å². The molecule has 0 bridgehead atoms. The van der Waals surface area contributed by atoms with Crippen LogP contribution in [-0.4, -0.2) is 59.2 Å². The highest BCUT2D eigenvalue weighted by Gasteiger charge is 2.18. The topological polar surface area (TPSA) is 69.7 Å². The van der Waals surface area contributed by atoms with Gasteiger partial charge in [-0.3, -0.25) is 9.10 Å². The maximum Gasteiger partial charge on any atom is 0.232 e. The van der Waals surface area contributed by atoms with Crippen molar-refractivity contribution in [2.24, 2.45) is 0 Å². The third-order valence-electron chi connectivity index (χ3n) is 2.87. The van der Waals surface area contributed by atoms with E-state index in [-0.39, 0.29) is 18.9 Å². The molecule has 1 aromatic rings. The number of benzene rings is 1. The first-order valence-corrected chi connectivity index (χ1v) is 8.59. The van der Waals surface area contributed by atoms with Gasteiger partial charge in [-0.05, 0) is 26.2 Å². The van der Waals surface area contributed by atoms with Gasteiger partial charge in [0.15, 0.2) is 0 Å². The molecule has 0 aliphatic carbocycles. The Labute approximate surface area is 126 Å². The van der Waals surface area contributed by atoms with Crippen molar-refractivity contribution in [3.8, 4) is 0 Å². The van der Waals surface area contributed by atoms with Gasteiger partial charge in [-0.1, -0.05) is 18.2 Å². The molecule has 0 aromatic heterocycles. The zero-order chi connectivity index (χ0) is 15.9. The van der Waals surface area contributed by atoms with Crippen molar-refractivity contribution < 1.29 is 13.2 Å². The van der Waals surface area contributed by atoms with E-state index in [1.165, 1.54) is 4.31 Å². The summed E-state index contributed by atoms with van der Waals surface area (Å²) in [6, 6.07) is 8.78. The molecule has 0 spiro atoms. The number of hydrogen-bond acceptors (Lipinski definition) is 4. The third kappa shape index (κ3) is 6.59. The highest BCUT2D eigenvalue weighted by atomic mass is 32.2. The van der Waals surface area contributed by atoms with E-state index in [4.69, 9.17) is 0 Å². The third-order valence-corrected chi connectivity index (χ3v) is 4.06. The van der Waals surface area contributed by atoms with Crippen LogP contribution in [0.3, 0.4) is 0 Å². The van der Waals surface area contributed by atoms with Crippen LogP contribution in [0.15, 0.2) is 30.3 Å². The van der Waals surface area contributed by atoms with Gasteiger partial charge in [-0.25, -0.2) is 8.42 Å². The molecule has 0 aliphatic heterocycles. The zero-order valence-electron chi connectivity index (χ0n) is 12.7. The summed E-state index contributed by atoms with van der Waals surface area (Å²) in [6.07, 6.45) is 1.28. The molecule has 0 heterocycles. The first-order valence-electron chi connectivity index (χ1n) is 6.75. The SMILES string of the molecule is CN(C)CCNC(=O)CCN(c1ccccc1)S(C)(=O)=O. The van der Waals surface area contributed by atoms with Crippen molar-refractivity contribution in [1.29, 1.82) is 0 Å². The second-order valence-corrected chi connectivity index (χ2v) is 6.98. The number of rotatable bonds is 8. The minimum absolute atomic E-state index is 0.134. The van der Waals surface area contributed by atoms with E-state index in [0.717, 1.165) is 12.8 Å². The number of amides is 1. The Bertz CT molecular complexity index is 544. The average Bonchev–Trinajstić information content (AvgIpc) is 2.38. The fourth-order valence-electron chi connectivity index (χ4n) is 1.79. The van der Waals surface area contributed by atoms with Gasteiger partial charge in [0.1, 0.15) is 0 Å². The van der Waals surface area contributed by atoms with Gasteiger partial charge in [-0.2, -0.15) is 0 Å². The lowest BCUT2D eigenvalue weighted by Gasteiger charge is -2.22. The van der Waals surface area contributed by atoms with Crippen LogP contribution in [0.4, 0.5) is 5.69 Å². The van der Waals surface area contributed by atoms with Crippen molar-refractivity contribution in [3.05, 3.63) is 30.3 Å². The van der Waals surface area contributed by atoms with E-state index in [1.807, 2.05) is 25.1 Å².